The first-order valence-corrected chi connectivity index (χ1v) is 8.42. The number of halogens is 3. The lowest BCUT2D eigenvalue weighted by Gasteiger charge is -2.34. The van der Waals surface area contributed by atoms with E-state index in [0.29, 0.717) is 6.42 Å². The summed E-state index contributed by atoms with van der Waals surface area (Å²) in [4.78, 5) is 0. The summed E-state index contributed by atoms with van der Waals surface area (Å²) in [5.41, 5.74) is -1.60. The van der Waals surface area contributed by atoms with E-state index in [1.54, 1.807) is 18.2 Å². The second-order valence-electron chi connectivity index (χ2n) is 5.49. The Kier molecular flexibility index (Phi) is 4.88. The van der Waals surface area contributed by atoms with Crippen molar-refractivity contribution >= 4 is 14.1 Å². The number of benzene rings is 2. The Morgan fingerprint density at radius 1 is 0.917 bits per heavy atom. The Bertz CT molecular complexity index is 753. The number of rotatable bonds is 4. The number of allylic oxidation sites excluding steroid dienone is 2. The zero-order valence-corrected chi connectivity index (χ0v) is 13.8. The van der Waals surface area contributed by atoms with Crippen LogP contribution in [-0.4, -0.2) is 0 Å². The van der Waals surface area contributed by atoms with Crippen LogP contribution in [0.1, 0.15) is 17.5 Å². The van der Waals surface area contributed by atoms with Crippen LogP contribution in [-0.2, 0) is 16.3 Å². The molecule has 0 aromatic heterocycles. The fourth-order valence-electron chi connectivity index (χ4n) is 2.69. The summed E-state index contributed by atoms with van der Waals surface area (Å²) in [6.07, 6.45) is 3.07. The summed E-state index contributed by atoms with van der Waals surface area (Å²) in [7, 11) is -0.0408. The van der Waals surface area contributed by atoms with Gasteiger partial charge in [0.15, 0.2) is 0 Å². The van der Waals surface area contributed by atoms with Crippen LogP contribution < -0.4 is 5.30 Å². The summed E-state index contributed by atoms with van der Waals surface area (Å²) < 4.78 is 46.4. The van der Waals surface area contributed by atoms with E-state index in [1.807, 2.05) is 42.5 Å². The van der Waals surface area contributed by atoms with Gasteiger partial charge in [0.2, 0.25) is 0 Å². The van der Waals surface area contributed by atoms with Crippen molar-refractivity contribution in [1.29, 1.82) is 0 Å². The molecule has 124 valence electrons. The van der Waals surface area contributed by atoms with Crippen molar-refractivity contribution in [3.05, 3.63) is 90.0 Å². The molecule has 0 fully saturated rings. The Morgan fingerprint density at radius 2 is 1.62 bits per heavy atom. The molecule has 2 aromatic carbocycles. The number of hydrogen-bond acceptors (Lipinski definition) is 1. The largest absolute Gasteiger partial charge is 0.416 e. The van der Waals surface area contributed by atoms with Crippen molar-refractivity contribution < 1.29 is 17.7 Å². The summed E-state index contributed by atoms with van der Waals surface area (Å²) in [6.45, 7) is 0. The zero-order chi connectivity index (χ0) is 17.0. The van der Waals surface area contributed by atoms with Gasteiger partial charge in [0, 0.05) is 20.8 Å². The Morgan fingerprint density at radius 3 is 2.29 bits per heavy atom. The van der Waals surface area contributed by atoms with Gasteiger partial charge in [0.25, 0.3) is 0 Å². The molecule has 0 saturated carbocycles. The molecule has 0 heterocycles. The van der Waals surface area contributed by atoms with E-state index >= 15 is 0 Å². The maximum Gasteiger partial charge on any atom is 0.416 e. The fraction of sp³-hybridized carbons (Fsp3) is 0.158. The van der Waals surface area contributed by atoms with Crippen molar-refractivity contribution in [2.75, 3.05) is 0 Å². The molecular formula is C19H16F3OP. The van der Waals surface area contributed by atoms with Crippen molar-refractivity contribution in [1.82, 2.24) is 0 Å². The van der Waals surface area contributed by atoms with Crippen LogP contribution in [0.4, 0.5) is 13.2 Å². The molecule has 0 radical (unpaired) electrons. The van der Waals surface area contributed by atoms with Gasteiger partial charge in [-0.2, -0.15) is 13.2 Å². The first-order chi connectivity index (χ1) is 11.5. The first-order valence-electron chi connectivity index (χ1n) is 7.51. The van der Waals surface area contributed by atoms with Crippen molar-refractivity contribution in [2.24, 2.45) is 0 Å². The van der Waals surface area contributed by atoms with E-state index in [9.17, 15) is 13.2 Å². The maximum absolute atomic E-state index is 13.4. The van der Waals surface area contributed by atoms with Crippen LogP contribution in [0.5, 0.6) is 0 Å². The van der Waals surface area contributed by atoms with E-state index in [1.165, 1.54) is 12.1 Å². The minimum absolute atomic E-state index is 0.0408. The second kappa shape index (κ2) is 6.92. The predicted octanol–water partition coefficient (Wildman–Crippen LogP) is 5.35. The van der Waals surface area contributed by atoms with Gasteiger partial charge in [0.1, 0.15) is 5.60 Å². The summed E-state index contributed by atoms with van der Waals surface area (Å²) in [5.74, 6) is 0. The highest BCUT2D eigenvalue weighted by molar-refractivity contribution is 7.42. The Balaban J connectivity index is 1.99. The molecule has 1 aliphatic carbocycles. The number of hydrogen-bond donors (Lipinski definition) is 0. The predicted molar refractivity (Wildman–Crippen MR) is 91.5 cm³/mol. The van der Waals surface area contributed by atoms with Gasteiger partial charge in [-0.05, 0) is 17.4 Å². The molecule has 1 aliphatic rings. The van der Waals surface area contributed by atoms with Gasteiger partial charge < -0.3 is 4.52 Å². The van der Waals surface area contributed by atoms with Crippen LogP contribution in [0.2, 0.25) is 0 Å². The Hall–Kier alpha value is -1.90. The van der Waals surface area contributed by atoms with Gasteiger partial charge in [-0.1, -0.05) is 66.8 Å². The third-order valence-corrected chi connectivity index (χ3v) is 4.88. The van der Waals surface area contributed by atoms with Gasteiger partial charge >= 0.3 is 6.18 Å². The minimum Gasteiger partial charge on any atom is -0.342 e. The van der Waals surface area contributed by atoms with Gasteiger partial charge in [-0.3, -0.25) is 0 Å². The van der Waals surface area contributed by atoms with E-state index < -0.39 is 17.3 Å². The summed E-state index contributed by atoms with van der Waals surface area (Å²) in [5, 5.41) is 0.948. The van der Waals surface area contributed by atoms with Crippen LogP contribution in [0.25, 0.3) is 0 Å². The lowest BCUT2D eigenvalue weighted by Crippen LogP contribution is -2.29. The highest BCUT2D eigenvalue weighted by Crippen LogP contribution is 2.44. The van der Waals surface area contributed by atoms with Gasteiger partial charge in [-0.15, -0.1) is 0 Å². The third kappa shape index (κ3) is 3.61. The highest BCUT2D eigenvalue weighted by atomic mass is 31.1. The van der Waals surface area contributed by atoms with Crippen molar-refractivity contribution in [2.45, 2.75) is 18.2 Å². The van der Waals surface area contributed by atoms with E-state index in [-0.39, 0.29) is 14.4 Å². The molecule has 0 aliphatic heterocycles. The molecule has 2 unspecified atom stereocenters. The van der Waals surface area contributed by atoms with Crippen LogP contribution in [0.15, 0.2) is 78.9 Å². The van der Waals surface area contributed by atoms with Crippen LogP contribution >= 0.6 is 8.81 Å². The molecular weight excluding hydrogens is 332 g/mol. The second-order valence-corrected chi connectivity index (χ2v) is 6.48. The molecule has 0 N–H and O–H groups in total. The first kappa shape index (κ1) is 16.9. The summed E-state index contributed by atoms with van der Waals surface area (Å²) in [6, 6.07) is 15.1. The molecule has 2 aromatic rings. The standard InChI is InChI=1S/C19H16F3OP/c20-19(21,22)17-12-6-5-11-16(17)18(13-7-2-8-14-18)23-24-15-9-3-1-4-10-15/h1-13,24H,14H2. The molecule has 0 amide bonds. The van der Waals surface area contributed by atoms with E-state index in [0.717, 1.165) is 11.4 Å². The van der Waals surface area contributed by atoms with Gasteiger partial charge in [-0.25, -0.2) is 0 Å². The fourth-order valence-corrected chi connectivity index (χ4v) is 3.58. The molecule has 1 nitrogen and oxygen atoms in total. The molecule has 3 rings (SSSR count). The SMILES string of the molecule is FC(F)(F)c1ccccc1C1(OPc2ccccc2)C=CC=CC1. The normalized spacial score (nSPS) is 20.8. The highest BCUT2D eigenvalue weighted by Gasteiger charge is 2.41. The minimum atomic E-state index is -4.42. The van der Waals surface area contributed by atoms with E-state index in [4.69, 9.17) is 4.52 Å². The smallest absolute Gasteiger partial charge is 0.342 e. The quantitative estimate of drug-likeness (QED) is 0.677. The maximum atomic E-state index is 13.4. The number of alkyl halides is 3. The molecule has 0 bridgehead atoms. The van der Waals surface area contributed by atoms with Crippen LogP contribution in [0.3, 0.4) is 0 Å². The average Bonchev–Trinajstić information content (AvgIpc) is 2.61. The van der Waals surface area contributed by atoms with E-state index in [2.05, 4.69) is 0 Å². The van der Waals surface area contributed by atoms with Crippen LogP contribution in [0, 0.1) is 0 Å². The van der Waals surface area contributed by atoms with Crippen molar-refractivity contribution in [3.63, 3.8) is 0 Å². The summed E-state index contributed by atoms with van der Waals surface area (Å²) >= 11 is 0. The molecule has 24 heavy (non-hydrogen) atoms. The Labute approximate surface area is 140 Å². The topological polar surface area (TPSA) is 9.23 Å². The molecule has 5 heteroatoms. The average molecular weight is 348 g/mol. The monoisotopic (exact) mass is 348 g/mol. The lowest BCUT2D eigenvalue weighted by molar-refractivity contribution is -0.139. The zero-order valence-electron chi connectivity index (χ0n) is 12.8. The van der Waals surface area contributed by atoms with Crippen molar-refractivity contribution in [3.8, 4) is 0 Å². The van der Waals surface area contributed by atoms with Gasteiger partial charge in [0.05, 0.1) is 5.56 Å². The molecule has 0 saturated heterocycles. The molecule has 2 atom stereocenters. The third-order valence-electron chi connectivity index (χ3n) is 3.85. The lowest BCUT2D eigenvalue weighted by atomic mass is 9.84. The molecule has 0 spiro atoms.